The summed E-state index contributed by atoms with van der Waals surface area (Å²) in [4.78, 5) is 17.7. The third-order valence-electron chi connectivity index (χ3n) is 6.40. The standard InChI is InChI=1S/C24H31N3O4S/c1-31-21-11-9-20(10-12-21)13-15-25-16-18-26(19-17-25)24(28)23-8-5-14-27(23)32(29,30)22-6-3-2-4-7-22/h2-4,6-7,9-12,23H,5,8,13-19H2,1H3. The fourth-order valence-corrected chi connectivity index (χ4v) is 6.16. The van der Waals surface area contributed by atoms with Crippen LogP contribution in [0.25, 0.3) is 0 Å². The predicted octanol–water partition coefficient (Wildman–Crippen LogP) is 2.24. The maximum Gasteiger partial charge on any atom is 0.243 e. The zero-order chi connectivity index (χ0) is 22.6. The molecule has 0 radical (unpaired) electrons. The van der Waals surface area contributed by atoms with E-state index in [0.717, 1.165) is 31.8 Å². The van der Waals surface area contributed by atoms with Gasteiger partial charge in [-0.15, -0.1) is 0 Å². The van der Waals surface area contributed by atoms with Gasteiger partial charge in [-0.3, -0.25) is 9.69 Å². The van der Waals surface area contributed by atoms with Crippen LogP contribution in [-0.2, 0) is 21.2 Å². The molecule has 32 heavy (non-hydrogen) atoms. The van der Waals surface area contributed by atoms with Gasteiger partial charge in [-0.2, -0.15) is 4.31 Å². The van der Waals surface area contributed by atoms with Crippen molar-refractivity contribution in [3.8, 4) is 5.75 Å². The number of ether oxygens (including phenoxy) is 1. The maximum absolute atomic E-state index is 13.2. The van der Waals surface area contributed by atoms with Gasteiger partial charge in [-0.1, -0.05) is 30.3 Å². The molecule has 4 rings (SSSR count). The third-order valence-corrected chi connectivity index (χ3v) is 8.32. The first-order valence-electron chi connectivity index (χ1n) is 11.2. The number of piperazine rings is 1. The van der Waals surface area contributed by atoms with Crippen molar-refractivity contribution in [3.05, 3.63) is 60.2 Å². The van der Waals surface area contributed by atoms with E-state index in [1.807, 2.05) is 17.0 Å². The van der Waals surface area contributed by atoms with Crippen LogP contribution in [0.2, 0.25) is 0 Å². The van der Waals surface area contributed by atoms with Gasteiger partial charge in [0.15, 0.2) is 0 Å². The first kappa shape index (κ1) is 22.8. The number of amides is 1. The molecule has 2 aromatic rings. The van der Waals surface area contributed by atoms with Gasteiger partial charge >= 0.3 is 0 Å². The number of nitrogens with zero attached hydrogens (tertiary/aromatic N) is 3. The lowest BCUT2D eigenvalue weighted by atomic mass is 10.1. The first-order valence-corrected chi connectivity index (χ1v) is 12.6. The van der Waals surface area contributed by atoms with Crippen LogP contribution in [-0.4, -0.2) is 80.9 Å². The van der Waals surface area contributed by atoms with Gasteiger partial charge in [0.05, 0.1) is 12.0 Å². The van der Waals surface area contributed by atoms with Crippen molar-refractivity contribution in [1.82, 2.24) is 14.1 Å². The van der Waals surface area contributed by atoms with Crippen LogP contribution in [0.4, 0.5) is 0 Å². The highest BCUT2D eigenvalue weighted by Crippen LogP contribution is 2.27. The van der Waals surface area contributed by atoms with Gasteiger partial charge in [0.2, 0.25) is 15.9 Å². The number of sulfonamides is 1. The van der Waals surface area contributed by atoms with Gasteiger partial charge in [0.25, 0.3) is 0 Å². The molecule has 2 aliphatic rings. The van der Waals surface area contributed by atoms with Crippen molar-refractivity contribution in [2.45, 2.75) is 30.2 Å². The zero-order valence-electron chi connectivity index (χ0n) is 18.5. The van der Waals surface area contributed by atoms with E-state index in [1.54, 1.807) is 37.4 Å². The third kappa shape index (κ3) is 4.98. The van der Waals surface area contributed by atoms with Crippen molar-refractivity contribution in [1.29, 1.82) is 0 Å². The van der Waals surface area contributed by atoms with E-state index in [1.165, 1.54) is 9.87 Å². The largest absolute Gasteiger partial charge is 0.497 e. The summed E-state index contributed by atoms with van der Waals surface area (Å²) in [5, 5.41) is 0. The summed E-state index contributed by atoms with van der Waals surface area (Å²) in [5.41, 5.74) is 1.26. The Labute approximate surface area is 190 Å². The Bertz CT molecular complexity index is 1000. The van der Waals surface area contributed by atoms with Crippen molar-refractivity contribution in [3.63, 3.8) is 0 Å². The van der Waals surface area contributed by atoms with Gasteiger partial charge in [0, 0.05) is 39.3 Å². The Morgan fingerprint density at radius 2 is 1.66 bits per heavy atom. The Morgan fingerprint density at radius 1 is 0.969 bits per heavy atom. The quantitative estimate of drug-likeness (QED) is 0.638. The lowest BCUT2D eigenvalue weighted by Crippen LogP contribution is -2.54. The van der Waals surface area contributed by atoms with Crippen LogP contribution in [0.3, 0.4) is 0 Å². The van der Waals surface area contributed by atoms with Crippen LogP contribution in [0.5, 0.6) is 5.75 Å². The summed E-state index contributed by atoms with van der Waals surface area (Å²) in [7, 11) is -2.00. The Hall–Kier alpha value is -2.42. The number of methoxy groups -OCH3 is 1. The van der Waals surface area contributed by atoms with E-state index in [-0.39, 0.29) is 10.8 Å². The average Bonchev–Trinajstić information content (AvgIpc) is 3.34. The molecule has 0 aromatic heterocycles. The molecule has 0 bridgehead atoms. The highest BCUT2D eigenvalue weighted by molar-refractivity contribution is 7.89. The molecule has 1 atom stereocenters. The minimum atomic E-state index is -3.66. The molecular weight excluding hydrogens is 426 g/mol. The average molecular weight is 458 g/mol. The van der Waals surface area contributed by atoms with E-state index in [0.29, 0.717) is 32.5 Å². The van der Waals surface area contributed by atoms with Gasteiger partial charge in [0.1, 0.15) is 11.8 Å². The number of hydrogen-bond acceptors (Lipinski definition) is 5. The summed E-state index contributed by atoms with van der Waals surface area (Å²) in [6.45, 7) is 4.22. The predicted molar refractivity (Wildman–Crippen MR) is 123 cm³/mol. The summed E-state index contributed by atoms with van der Waals surface area (Å²) in [6, 6.07) is 15.9. The van der Waals surface area contributed by atoms with E-state index in [9.17, 15) is 13.2 Å². The van der Waals surface area contributed by atoms with Gasteiger partial charge in [-0.05, 0) is 49.1 Å². The number of carbonyl (C=O) groups excluding carboxylic acids is 1. The van der Waals surface area contributed by atoms with Crippen LogP contribution in [0.15, 0.2) is 59.5 Å². The summed E-state index contributed by atoms with van der Waals surface area (Å²) >= 11 is 0. The van der Waals surface area contributed by atoms with E-state index >= 15 is 0 Å². The molecule has 0 saturated carbocycles. The topological polar surface area (TPSA) is 70.2 Å². The SMILES string of the molecule is COc1ccc(CCN2CCN(C(=O)C3CCCN3S(=O)(=O)c3ccccc3)CC2)cc1. The highest BCUT2D eigenvalue weighted by atomic mass is 32.2. The molecule has 0 N–H and O–H groups in total. The second kappa shape index (κ2) is 10.0. The van der Waals surface area contributed by atoms with Crippen LogP contribution >= 0.6 is 0 Å². The lowest BCUT2D eigenvalue weighted by Gasteiger charge is -2.37. The normalized spacial score (nSPS) is 20.4. The smallest absolute Gasteiger partial charge is 0.243 e. The zero-order valence-corrected chi connectivity index (χ0v) is 19.3. The summed E-state index contributed by atoms with van der Waals surface area (Å²) < 4.78 is 32.8. The van der Waals surface area contributed by atoms with Crippen molar-refractivity contribution < 1.29 is 17.9 Å². The fourth-order valence-electron chi connectivity index (χ4n) is 4.48. The summed E-state index contributed by atoms with van der Waals surface area (Å²) in [5.74, 6) is 0.799. The van der Waals surface area contributed by atoms with E-state index in [2.05, 4.69) is 17.0 Å². The lowest BCUT2D eigenvalue weighted by molar-refractivity contribution is -0.136. The van der Waals surface area contributed by atoms with Crippen LogP contribution in [0, 0.1) is 0 Å². The Balaban J connectivity index is 1.31. The van der Waals surface area contributed by atoms with Gasteiger partial charge < -0.3 is 9.64 Å². The molecule has 0 spiro atoms. The molecule has 2 aromatic carbocycles. The molecule has 7 nitrogen and oxygen atoms in total. The van der Waals surface area contributed by atoms with Gasteiger partial charge in [-0.25, -0.2) is 8.42 Å². The molecule has 8 heteroatoms. The minimum absolute atomic E-state index is 0.0585. The molecule has 2 aliphatic heterocycles. The Kier molecular flexibility index (Phi) is 7.13. The highest BCUT2D eigenvalue weighted by Gasteiger charge is 2.41. The number of hydrogen-bond donors (Lipinski definition) is 0. The molecule has 1 amide bonds. The van der Waals surface area contributed by atoms with E-state index in [4.69, 9.17) is 4.74 Å². The monoisotopic (exact) mass is 457 g/mol. The number of benzene rings is 2. The minimum Gasteiger partial charge on any atom is -0.497 e. The second-order valence-electron chi connectivity index (χ2n) is 8.35. The molecule has 0 aliphatic carbocycles. The van der Waals surface area contributed by atoms with Crippen molar-refractivity contribution in [2.75, 3.05) is 46.4 Å². The Morgan fingerprint density at radius 3 is 2.31 bits per heavy atom. The first-order chi connectivity index (χ1) is 15.5. The molecule has 2 heterocycles. The molecule has 2 fully saturated rings. The van der Waals surface area contributed by atoms with E-state index < -0.39 is 16.1 Å². The fraction of sp³-hybridized carbons (Fsp3) is 0.458. The second-order valence-corrected chi connectivity index (χ2v) is 10.2. The maximum atomic E-state index is 13.2. The number of rotatable bonds is 7. The molecular formula is C24H31N3O4S. The van der Waals surface area contributed by atoms with Crippen LogP contribution in [0.1, 0.15) is 18.4 Å². The molecule has 1 unspecified atom stereocenters. The molecule has 2 saturated heterocycles. The van der Waals surface area contributed by atoms with Crippen molar-refractivity contribution in [2.24, 2.45) is 0 Å². The number of carbonyl (C=O) groups is 1. The molecule has 172 valence electrons. The van der Waals surface area contributed by atoms with Crippen LogP contribution < -0.4 is 4.74 Å². The summed E-state index contributed by atoms with van der Waals surface area (Å²) in [6.07, 6.45) is 2.25. The van der Waals surface area contributed by atoms with Crippen molar-refractivity contribution >= 4 is 15.9 Å².